The van der Waals surface area contributed by atoms with Crippen molar-refractivity contribution in [2.75, 3.05) is 0 Å². The lowest BCUT2D eigenvalue weighted by Crippen LogP contribution is -1.96. The third-order valence-corrected chi connectivity index (χ3v) is 1.93. The largest absolute Gasteiger partial charge is 0.0956 e. The molecule has 0 rings (SSSR count). The first kappa shape index (κ1) is 11.2. The molecule has 0 amide bonds. The Kier molecular flexibility index (Phi) is 5.44. The summed E-state index contributed by atoms with van der Waals surface area (Å²) in [6, 6.07) is 0. The second kappa shape index (κ2) is 5.82. The summed E-state index contributed by atoms with van der Waals surface area (Å²) in [7, 11) is 0. The fourth-order valence-electron chi connectivity index (χ4n) is 1.12. The smallest absolute Gasteiger partial charge is 0.0216 e. The molecule has 0 bridgehead atoms. The van der Waals surface area contributed by atoms with E-state index in [2.05, 4.69) is 39.5 Å². The van der Waals surface area contributed by atoms with Crippen LogP contribution in [-0.4, -0.2) is 0 Å². The van der Waals surface area contributed by atoms with Crippen molar-refractivity contribution in [3.63, 3.8) is 0 Å². The SMILES string of the molecule is C=C(CC)/C(=C\C=C/C)C(C)C. The molecule has 0 fully saturated rings. The van der Waals surface area contributed by atoms with Gasteiger partial charge in [-0.1, -0.05) is 51.2 Å². The van der Waals surface area contributed by atoms with Crippen molar-refractivity contribution in [1.29, 1.82) is 0 Å². The van der Waals surface area contributed by atoms with Gasteiger partial charge in [0.2, 0.25) is 0 Å². The van der Waals surface area contributed by atoms with Crippen molar-refractivity contribution in [3.05, 3.63) is 36.0 Å². The van der Waals surface area contributed by atoms with E-state index < -0.39 is 0 Å². The molecular formula is C12H20. The van der Waals surface area contributed by atoms with Gasteiger partial charge >= 0.3 is 0 Å². The normalized spacial score (nSPS) is 12.9. The molecule has 0 aromatic carbocycles. The first-order valence-corrected chi connectivity index (χ1v) is 4.64. The van der Waals surface area contributed by atoms with Gasteiger partial charge in [0.1, 0.15) is 0 Å². The third kappa shape index (κ3) is 3.56. The van der Waals surface area contributed by atoms with Gasteiger partial charge in [-0.2, -0.15) is 0 Å². The molecule has 0 spiro atoms. The van der Waals surface area contributed by atoms with E-state index in [1.807, 2.05) is 13.0 Å². The predicted octanol–water partition coefficient (Wildman–Crippen LogP) is 4.11. The average Bonchev–Trinajstić information content (AvgIpc) is 2.04. The Labute approximate surface area is 76.7 Å². The first-order chi connectivity index (χ1) is 5.63. The van der Waals surface area contributed by atoms with Crippen molar-refractivity contribution < 1.29 is 0 Å². The quantitative estimate of drug-likeness (QED) is 0.548. The van der Waals surface area contributed by atoms with Crippen LogP contribution >= 0.6 is 0 Å². The van der Waals surface area contributed by atoms with E-state index in [0.29, 0.717) is 5.92 Å². The summed E-state index contributed by atoms with van der Waals surface area (Å²) in [4.78, 5) is 0. The maximum absolute atomic E-state index is 4.05. The van der Waals surface area contributed by atoms with Gasteiger partial charge in [-0.25, -0.2) is 0 Å². The fourth-order valence-corrected chi connectivity index (χ4v) is 1.12. The zero-order chi connectivity index (χ0) is 9.56. The molecule has 0 N–H and O–H groups in total. The van der Waals surface area contributed by atoms with E-state index >= 15 is 0 Å². The maximum Gasteiger partial charge on any atom is -0.0216 e. The Bertz CT molecular complexity index is 192. The highest BCUT2D eigenvalue weighted by Crippen LogP contribution is 2.20. The Hall–Kier alpha value is -0.780. The molecule has 0 nitrogen and oxygen atoms in total. The molecule has 0 heterocycles. The van der Waals surface area contributed by atoms with E-state index in [9.17, 15) is 0 Å². The molecule has 0 saturated carbocycles. The van der Waals surface area contributed by atoms with Crippen LogP contribution in [0.4, 0.5) is 0 Å². The molecule has 0 aliphatic heterocycles. The average molecular weight is 164 g/mol. The standard InChI is InChI=1S/C12H20/c1-6-8-9-12(10(3)4)11(5)7-2/h6,8-10H,5,7H2,1-4H3/b8-6-,12-9-. The van der Waals surface area contributed by atoms with E-state index in [1.165, 1.54) is 11.1 Å². The summed E-state index contributed by atoms with van der Waals surface area (Å²) >= 11 is 0. The molecule has 0 aromatic rings. The van der Waals surface area contributed by atoms with Crippen molar-refractivity contribution in [3.8, 4) is 0 Å². The van der Waals surface area contributed by atoms with E-state index in [4.69, 9.17) is 0 Å². The minimum Gasteiger partial charge on any atom is -0.0956 e. The van der Waals surface area contributed by atoms with Crippen LogP contribution in [0.25, 0.3) is 0 Å². The summed E-state index contributed by atoms with van der Waals surface area (Å²) in [6.07, 6.45) is 7.33. The molecule has 0 atom stereocenters. The lowest BCUT2D eigenvalue weighted by molar-refractivity contribution is 0.768. The zero-order valence-corrected chi connectivity index (χ0v) is 8.72. The number of hydrogen-bond acceptors (Lipinski definition) is 0. The second-order valence-electron chi connectivity index (χ2n) is 3.26. The highest BCUT2D eigenvalue weighted by atomic mass is 14.1. The number of hydrogen-bond donors (Lipinski definition) is 0. The van der Waals surface area contributed by atoms with Crippen LogP contribution in [0.3, 0.4) is 0 Å². The van der Waals surface area contributed by atoms with Gasteiger partial charge in [0, 0.05) is 0 Å². The summed E-state index contributed by atoms with van der Waals surface area (Å²) in [6.45, 7) is 12.6. The van der Waals surface area contributed by atoms with Crippen molar-refractivity contribution in [2.24, 2.45) is 5.92 Å². The zero-order valence-electron chi connectivity index (χ0n) is 8.72. The molecule has 68 valence electrons. The molecule has 0 unspecified atom stereocenters. The molecule has 0 saturated heterocycles. The maximum atomic E-state index is 4.05. The summed E-state index contributed by atoms with van der Waals surface area (Å²) in [5.41, 5.74) is 2.62. The van der Waals surface area contributed by atoms with Gasteiger partial charge in [0.15, 0.2) is 0 Å². The number of rotatable bonds is 4. The lowest BCUT2D eigenvalue weighted by atomic mass is 9.94. The van der Waals surface area contributed by atoms with Gasteiger partial charge in [-0.05, 0) is 24.8 Å². The van der Waals surface area contributed by atoms with E-state index in [-0.39, 0.29) is 0 Å². The molecular weight excluding hydrogens is 144 g/mol. The third-order valence-electron chi connectivity index (χ3n) is 1.93. The predicted molar refractivity (Wildman–Crippen MR) is 57.2 cm³/mol. The highest BCUT2D eigenvalue weighted by Gasteiger charge is 2.03. The van der Waals surface area contributed by atoms with Crippen LogP contribution in [0.5, 0.6) is 0 Å². The summed E-state index contributed by atoms with van der Waals surface area (Å²) in [5, 5.41) is 0. The topological polar surface area (TPSA) is 0 Å². The van der Waals surface area contributed by atoms with Crippen molar-refractivity contribution in [2.45, 2.75) is 34.1 Å². The Balaban J connectivity index is 4.54. The second-order valence-corrected chi connectivity index (χ2v) is 3.26. The van der Waals surface area contributed by atoms with Crippen LogP contribution in [0, 0.1) is 5.92 Å². The van der Waals surface area contributed by atoms with Crippen molar-refractivity contribution >= 4 is 0 Å². The monoisotopic (exact) mass is 164 g/mol. The highest BCUT2D eigenvalue weighted by molar-refractivity contribution is 5.32. The summed E-state index contributed by atoms with van der Waals surface area (Å²) in [5.74, 6) is 0.577. The molecule has 0 aliphatic carbocycles. The molecule has 12 heavy (non-hydrogen) atoms. The number of allylic oxidation sites excluding steroid dienone is 5. The lowest BCUT2D eigenvalue weighted by Gasteiger charge is -2.11. The molecule has 0 heteroatoms. The molecule has 0 radical (unpaired) electrons. The first-order valence-electron chi connectivity index (χ1n) is 4.64. The van der Waals surface area contributed by atoms with Gasteiger partial charge in [0.05, 0.1) is 0 Å². The van der Waals surface area contributed by atoms with Crippen LogP contribution in [0.2, 0.25) is 0 Å². The fraction of sp³-hybridized carbons (Fsp3) is 0.500. The van der Waals surface area contributed by atoms with Gasteiger partial charge < -0.3 is 0 Å². The van der Waals surface area contributed by atoms with E-state index in [1.54, 1.807) is 0 Å². The van der Waals surface area contributed by atoms with Crippen molar-refractivity contribution in [1.82, 2.24) is 0 Å². The van der Waals surface area contributed by atoms with Gasteiger partial charge in [-0.15, -0.1) is 0 Å². The minimum atomic E-state index is 0.577. The Morgan fingerprint density at radius 3 is 2.33 bits per heavy atom. The van der Waals surface area contributed by atoms with Crippen LogP contribution in [-0.2, 0) is 0 Å². The Morgan fingerprint density at radius 1 is 1.42 bits per heavy atom. The van der Waals surface area contributed by atoms with Gasteiger partial charge in [0.25, 0.3) is 0 Å². The van der Waals surface area contributed by atoms with E-state index in [0.717, 1.165) is 6.42 Å². The minimum absolute atomic E-state index is 0.577. The van der Waals surface area contributed by atoms with Crippen LogP contribution < -0.4 is 0 Å². The molecule has 0 aromatic heterocycles. The Morgan fingerprint density at radius 2 is 2.00 bits per heavy atom. The van der Waals surface area contributed by atoms with Gasteiger partial charge in [-0.3, -0.25) is 0 Å². The molecule has 0 aliphatic rings. The van der Waals surface area contributed by atoms with Crippen LogP contribution in [0.15, 0.2) is 36.0 Å². The summed E-state index contributed by atoms with van der Waals surface area (Å²) < 4.78 is 0. The van der Waals surface area contributed by atoms with Crippen LogP contribution in [0.1, 0.15) is 34.1 Å².